The molecule has 2 rings (SSSR count). The van der Waals surface area contributed by atoms with Crippen molar-refractivity contribution >= 4 is 29.0 Å². The van der Waals surface area contributed by atoms with E-state index >= 15 is 0 Å². The number of hydrogen-bond acceptors (Lipinski definition) is 5. The molecule has 0 saturated carbocycles. The zero-order valence-corrected chi connectivity index (χ0v) is 15.0. The van der Waals surface area contributed by atoms with Crippen molar-refractivity contribution < 1.29 is 22.8 Å². The molecule has 0 atom stereocenters. The number of oxime groups is 1. The lowest BCUT2D eigenvalue weighted by Crippen LogP contribution is -2.24. The van der Waals surface area contributed by atoms with Gasteiger partial charge in [-0.3, -0.25) is 0 Å². The van der Waals surface area contributed by atoms with Gasteiger partial charge in [0, 0.05) is 25.4 Å². The van der Waals surface area contributed by atoms with Crippen molar-refractivity contribution in [2.75, 3.05) is 19.8 Å². The number of allylic oxidation sites excluding steroid dienone is 2. The van der Waals surface area contributed by atoms with Crippen molar-refractivity contribution in [2.24, 2.45) is 5.16 Å². The van der Waals surface area contributed by atoms with Crippen molar-refractivity contribution in [3.8, 4) is 0 Å². The number of halogens is 3. The van der Waals surface area contributed by atoms with Crippen molar-refractivity contribution in [3.63, 3.8) is 0 Å². The quantitative estimate of drug-likeness (QED) is 0.419. The summed E-state index contributed by atoms with van der Waals surface area (Å²) in [7, 11) is 3.66. The summed E-state index contributed by atoms with van der Waals surface area (Å²) >= 11 is 1.29. The molecule has 8 heteroatoms. The molecule has 1 aromatic rings. The van der Waals surface area contributed by atoms with Crippen LogP contribution in [-0.2, 0) is 9.63 Å². The first-order valence-electron chi connectivity index (χ1n) is 7.55. The second-order valence-electron chi connectivity index (χ2n) is 5.43. The van der Waals surface area contributed by atoms with E-state index in [0.29, 0.717) is 0 Å². The number of alkyl halides is 3. The van der Waals surface area contributed by atoms with Gasteiger partial charge in [0.25, 0.3) is 0 Å². The van der Waals surface area contributed by atoms with Crippen LogP contribution in [0.4, 0.5) is 13.2 Å². The average molecular weight is 382 g/mol. The Kier molecular flexibility index (Phi) is 6.31. The summed E-state index contributed by atoms with van der Waals surface area (Å²) < 4.78 is 38.6. The fourth-order valence-electron chi connectivity index (χ4n) is 2.26. The Bertz CT molecular complexity index is 781. The van der Waals surface area contributed by atoms with Crippen LogP contribution < -0.4 is 0 Å². The molecule has 0 fully saturated rings. The van der Waals surface area contributed by atoms with Gasteiger partial charge in [-0.15, -0.1) is 11.8 Å². The molecular formula is C18H17F3N2O2S. The van der Waals surface area contributed by atoms with E-state index in [2.05, 4.69) is 16.6 Å². The van der Waals surface area contributed by atoms with Gasteiger partial charge in [-0.1, -0.05) is 54.2 Å². The van der Waals surface area contributed by atoms with Crippen LogP contribution in [0.2, 0.25) is 0 Å². The first-order valence-corrected chi connectivity index (χ1v) is 8.53. The van der Waals surface area contributed by atoms with Crippen LogP contribution in [0, 0.1) is 0 Å². The lowest BCUT2D eigenvalue weighted by atomic mass is 10.1. The lowest BCUT2D eigenvalue weighted by Gasteiger charge is -2.20. The van der Waals surface area contributed by atoms with Gasteiger partial charge >= 0.3 is 12.1 Å². The third-order valence-corrected chi connectivity index (χ3v) is 4.59. The van der Waals surface area contributed by atoms with Crippen molar-refractivity contribution in [1.82, 2.24) is 4.90 Å². The van der Waals surface area contributed by atoms with Crippen molar-refractivity contribution in [3.05, 3.63) is 65.2 Å². The number of carbonyl (C=O) groups excluding carboxylic acids is 1. The maximum absolute atomic E-state index is 12.9. The van der Waals surface area contributed by atoms with Crippen LogP contribution in [0.3, 0.4) is 0 Å². The minimum Gasteiger partial charge on any atom is -0.372 e. The van der Waals surface area contributed by atoms with Crippen LogP contribution in [0.5, 0.6) is 0 Å². The van der Waals surface area contributed by atoms with E-state index in [4.69, 9.17) is 0 Å². The monoisotopic (exact) mass is 382 g/mol. The highest BCUT2D eigenvalue weighted by molar-refractivity contribution is 8.03. The summed E-state index contributed by atoms with van der Waals surface area (Å²) in [4.78, 5) is 17.5. The van der Waals surface area contributed by atoms with Gasteiger partial charge < -0.3 is 9.74 Å². The Morgan fingerprint density at radius 2 is 1.96 bits per heavy atom. The molecule has 1 aliphatic rings. The fraction of sp³-hybridized carbons (Fsp3) is 0.222. The maximum atomic E-state index is 12.9. The van der Waals surface area contributed by atoms with E-state index < -0.39 is 23.4 Å². The Hall–Kier alpha value is -2.48. The minimum absolute atomic E-state index is 0.136. The zero-order chi connectivity index (χ0) is 19.3. The molecule has 1 aliphatic heterocycles. The molecule has 138 valence electrons. The molecule has 4 nitrogen and oxygen atoms in total. The molecule has 0 spiro atoms. The molecule has 0 unspecified atom stereocenters. The molecule has 0 saturated heterocycles. The summed E-state index contributed by atoms with van der Waals surface area (Å²) in [6, 6.07) is 9.50. The molecule has 0 radical (unpaired) electrons. The van der Waals surface area contributed by atoms with Gasteiger partial charge in [-0.05, 0) is 5.56 Å². The average Bonchev–Trinajstić information content (AvgIpc) is 2.96. The Balaban J connectivity index is 2.27. The smallest absolute Gasteiger partial charge is 0.372 e. The molecule has 1 heterocycles. The first kappa shape index (κ1) is 19.8. The Labute approximate surface area is 153 Å². The number of carbonyl (C=O) groups is 1. The molecule has 0 aliphatic carbocycles. The summed E-state index contributed by atoms with van der Waals surface area (Å²) in [5.41, 5.74) is -0.0876. The Morgan fingerprint density at radius 3 is 2.50 bits per heavy atom. The van der Waals surface area contributed by atoms with Crippen LogP contribution in [0.25, 0.3) is 5.57 Å². The summed E-state index contributed by atoms with van der Waals surface area (Å²) in [6.07, 6.45) is -1.86. The number of hydrogen-bond donors (Lipinski definition) is 0. The molecule has 0 bridgehead atoms. The van der Waals surface area contributed by atoms with Crippen LogP contribution in [0.15, 0.2) is 64.8 Å². The predicted octanol–water partition coefficient (Wildman–Crippen LogP) is 4.24. The molecular weight excluding hydrogens is 365 g/mol. The summed E-state index contributed by atoms with van der Waals surface area (Å²) in [5.74, 6) is -0.961. The topological polar surface area (TPSA) is 41.9 Å². The van der Waals surface area contributed by atoms with Crippen LogP contribution in [-0.4, -0.2) is 42.6 Å². The third kappa shape index (κ3) is 4.57. The number of rotatable bonds is 6. The van der Waals surface area contributed by atoms with Gasteiger partial charge in [-0.25, -0.2) is 4.79 Å². The summed E-state index contributed by atoms with van der Waals surface area (Å²) in [6.45, 7) is 3.83. The van der Waals surface area contributed by atoms with Gasteiger partial charge in [0.05, 0.1) is 10.6 Å². The summed E-state index contributed by atoms with van der Waals surface area (Å²) in [5, 5.41) is 3.63. The molecule has 0 aromatic heterocycles. The standard InChI is InChI=1S/C18H17F3N2O2S/c1-4-13(12-8-6-5-7-9-12)16(23(2)3)26-11-10-14-15(18(19,20)21)22-25-17(14)24/h4-10H,1,11H2,2-3H3/b14-10-,16-13+. The minimum atomic E-state index is -4.74. The number of nitrogens with zero attached hydrogens (tertiary/aromatic N) is 2. The van der Waals surface area contributed by atoms with Crippen molar-refractivity contribution in [2.45, 2.75) is 6.18 Å². The van der Waals surface area contributed by atoms with Crippen molar-refractivity contribution in [1.29, 1.82) is 0 Å². The van der Waals surface area contributed by atoms with Gasteiger partial charge in [0.15, 0.2) is 5.71 Å². The van der Waals surface area contributed by atoms with Crippen LogP contribution >= 0.6 is 11.8 Å². The lowest BCUT2D eigenvalue weighted by molar-refractivity contribution is -0.136. The number of benzene rings is 1. The van der Waals surface area contributed by atoms with E-state index in [9.17, 15) is 18.0 Å². The highest BCUT2D eigenvalue weighted by atomic mass is 32.2. The fourth-order valence-corrected chi connectivity index (χ4v) is 3.29. The molecule has 26 heavy (non-hydrogen) atoms. The SMILES string of the molecule is C=C/C(=C(\SC/C=C1\C(=O)ON=C1C(F)(F)F)N(C)C)c1ccccc1. The second-order valence-corrected chi connectivity index (χ2v) is 6.44. The highest BCUT2D eigenvalue weighted by Crippen LogP contribution is 2.31. The van der Waals surface area contributed by atoms with E-state index in [1.807, 2.05) is 49.3 Å². The van der Waals surface area contributed by atoms with Gasteiger partial charge in [-0.2, -0.15) is 13.2 Å². The zero-order valence-electron chi connectivity index (χ0n) is 14.2. The maximum Gasteiger partial charge on any atom is 0.437 e. The second kappa shape index (κ2) is 8.27. The predicted molar refractivity (Wildman–Crippen MR) is 97.4 cm³/mol. The molecule has 0 N–H and O–H groups in total. The van der Waals surface area contributed by atoms with E-state index in [0.717, 1.165) is 16.2 Å². The van der Waals surface area contributed by atoms with E-state index in [-0.39, 0.29) is 5.75 Å². The van der Waals surface area contributed by atoms with Gasteiger partial charge in [0.1, 0.15) is 0 Å². The third-order valence-electron chi connectivity index (χ3n) is 3.40. The van der Waals surface area contributed by atoms with E-state index in [1.54, 1.807) is 6.08 Å². The Morgan fingerprint density at radius 1 is 1.31 bits per heavy atom. The van der Waals surface area contributed by atoms with Crippen LogP contribution in [0.1, 0.15) is 5.56 Å². The van der Waals surface area contributed by atoms with Gasteiger partial charge in [0.2, 0.25) is 0 Å². The number of thioether (sulfide) groups is 1. The highest BCUT2D eigenvalue weighted by Gasteiger charge is 2.45. The normalized spacial score (nSPS) is 16.9. The first-order chi connectivity index (χ1) is 12.3. The largest absolute Gasteiger partial charge is 0.437 e. The molecule has 0 amide bonds. The van der Waals surface area contributed by atoms with E-state index in [1.165, 1.54) is 17.8 Å². The molecule has 1 aromatic carbocycles.